The number of sulfone groups is 1. The van der Waals surface area contributed by atoms with Crippen molar-refractivity contribution in [3.8, 4) is 0 Å². The number of amides is 1. The van der Waals surface area contributed by atoms with Crippen molar-refractivity contribution < 1.29 is 13.2 Å². The lowest BCUT2D eigenvalue weighted by atomic mass is 10.1. The van der Waals surface area contributed by atoms with Crippen LogP contribution < -0.4 is 0 Å². The molecule has 1 aromatic rings. The number of nitrogens with zero attached hydrogens (tertiary/aromatic N) is 2. The van der Waals surface area contributed by atoms with Gasteiger partial charge >= 0.3 is 0 Å². The van der Waals surface area contributed by atoms with Gasteiger partial charge in [-0.3, -0.25) is 4.79 Å². The fourth-order valence-corrected chi connectivity index (χ4v) is 6.73. The first-order valence-electron chi connectivity index (χ1n) is 9.58. The Morgan fingerprint density at radius 2 is 1.69 bits per heavy atom. The first kappa shape index (κ1) is 19.4. The smallest absolute Gasteiger partial charge is 0.244 e. The molecule has 0 unspecified atom stereocenters. The first-order chi connectivity index (χ1) is 12.3. The summed E-state index contributed by atoms with van der Waals surface area (Å²) in [6, 6.07) is 5.49. The zero-order valence-corrected chi connectivity index (χ0v) is 16.9. The van der Waals surface area contributed by atoms with Gasteiger partial charge in [-0.2, -0.15) is 0 Å². The van der Waals surface area contributed by atoms with Crippen molar-refractivity contribution in [1.29, 1.82) is 0 Å². The lowest BCUT2D eigenvalue weighted by Gasteiger charge is -2.34. The fourth-order valence-electron chi connectivity index (χ4n) is 4.29. The summed E-state index contributed by atoms with van der Waals surface area (Å²) in [6.45, 7) is 6.71. The first-order valence-corrected chi connectivity index (χ1v) is 11.1. The van der Waals surface area contributed by atoms with E-state index in [1.54, 1.807) is 11.0 Å². The van der Waals surface area contributed by atoms with Gasteiger partial charge in [0.1, 0.15) is 0 Å². The van der Waals surface area contributed by atoms with E-state index >= 15 is 0 Å². The molecule has 2 fully saturated rings. The molecular formula is C20H30N2O3S. The molecule has 2 aliphatic rings. The molecule has 144 valence electrons. The van der Waals surface area contributed by atoms with E-state index < -0.39 is 14.6 Å². The monoisotopic (exact) mass is 378 g/mol. The topological polar surface area (TPSA) is 57.7 Å². The van der Waals surface area contributed by atoms with Gasteiger partial charge in [-0.15, -0.1) is 0 Å². The standard InChI is InChI=1S/C20H30N2O3S/c1-16-7-8-17(2)18(15-16)26(24,25)20(9-4-5-10-20)19(23)22-12-6-11-21(3)13-14-22/h7-8,15H,4-6,9-14H2,1-3H3. The van der Waals surface area contributed by atoms with E-state index in [9.17, 15) is 13.2 Å². The zero-order valence-electron chi connectivity index (χ0n) is 16.1. The molecule has 0 N–H and O–H groups in total. The third kappa shape index (κ3) is 3.29. The minimum Gasteiger partial charge on any atom is -0.340 e. The molecule has 0 spiro atoms. The van der Waals surface area contributed by atoms with E-state index in [2.05, 4.69) is 4.90 Å². The number of hydrogen-bond donors (Lipinski definition) is 0. The van der Waals surface area contributed by atoms with E-state index in [0.29, 0.717) is 30.8 Å². The van der Waals surface area contributed by atoms with Crippen molar-refractivity contribution in [2.24, 2.45) is 0 Å². The molecule has 1 saturated carbocycles. The summed E-state index contributed by atoms with van der Waals surface area (Å²) in [5.41, 5.74) is 1.64. The molecule has 1 aliphatic carbocycles. The fraction of sp³-hybridized carbons (Fsp3) is 0.650. The maximum absolute atomic E-state index is 13.7. The van der Waals surface area contributed by atoms with Gasteiger partial charge < -0.3 is 9.80 Å². The summed E-state index contributed by atoms with van der Waals surface area (Å²) in [4.78, 5) is 17.9. The van der Waals surface area contributed by atoms with Gasteiger partial charge in [-0.25, -0.2) is 8.42 Å². The van der Waals surface area contributed by atoms with Gasteiger partial charge in [0.15, 0.2) is 14.6 Å². The van der Waals surface area contributed by atoms with Crippen LogP contribution in [0.3, 0.4) is 0 Å². The largest absolute Gasteiger partial charge is 0.340 e. The van der Waals surface area contributed by atoms with Crippen molar-refractivity contribution >= 4 is 15.7 Å². The molecule has 0 radical (unpaired) electrons. The molecule has 1 aliphatic heterocycles. The average molecular weight is 379 g/mol. The Morgan fingerprint density at radius 3 is 2.38 bits per heavy atom. The molecule has 0 atom stereocenters. The number of carbonyl (C=O) groups excluding carboxylic acids is 1. The number of aryl methyl sites for hydroxylation is 2. The second-order valence-electron chi connectivity index (χ2n) is 7.92. The van der Waals surface area contributed by atoms with Crippen LogP contribution in [0.4, 0.5) is 0 Å². The van der Waals surface area contributed by atoms with Crippen LogP contribution in [0.2, 0.25) is 0 Å². The van der Waals surface area contributed by atoms with Crippen LogP contribution in [-0.4, -0.2) is 62.1 Å². The minimum absolute atomic E-state index is 0.175. The second-order valence-corrected chi connectivity index (χ2v) is 10.2. The third-order valence-electron chi connectivity index (χ3n) is 5.96. The Kier molecular flexibility index (Phi) is 5.45. The Labute approximate surface area is 157 Å². The average Bonchev–Trinajstić information content (AvgIpc) is 3.01. The van der Waals surface area contributed by atoms with Gasteiger partial charge in [0.05, 0.1) is 4.90 Å². The Bertz CT molecular complexity index is 782. The normalized spacial score (nSPS) is 21.6. The lowest BCUT2D eigenvalue weighted by molar-refractivity contribution is -0.133. The van der Waals surface area contributed by atoms with Crippen molar-refractivity contribution in [3.05, 3.63) is 29.3 Å². The Morgan fingerprint density at radius 1 is 1.00 bits per heavy atom. The number of rotatable bonds is 3. The summed E-state index contributed by atoms with van der Waals surface area (Å²) in [5, 5.41) is 0. The molecule has 0 bridgehead atoms. The van der Waals surface area contributed by atoms with Crippen molar-refractivity contribution in [3.63, 3.8) is 0 Å². The number of carbonyl (C=O) groups is 1. The molecule has 1 aromatic carbocycles. The summed E-state index contributed by atoms with van der Waals surface area (Å²) >= 11 is 0. The van der Waals surface area contributed by atoms with E-state index in [1.165, 1.54) is 0 Å². The quantitative estimate of drug-likeness (QED) is 0.811. The van der Waals surface area contributed by atoms with Crippen LogP contribution in [0.5, 0.6) is 0 Å². The highest BCUT2D eigenvalue weighted by atomic mass is 32.2. The highest BCUT2D eigenvalue weighted by Crippen LogP contribution is 2.43. The van der Waals surface area contributed by atoms with Crippen molar-refractivity contribution in [2.45, 2.75) is 55.6 Å². The molecule has 0 aromatic heterocycles. The number of benzene rings is 1. The van der Waals surface area contributed by atoms with Crippen LogP contribution in [0.25, 0.3) is 0 Å². The molecule has 1 amide bonds. The van der Waals surface area contributed by atoms with Gasteiger partial charge in [0.25, 0.3) is 0 Å². The van der Waals surface area contributed by atoms with E-state index in [0.717, 1.165) is 43.5 Å². The third-order valence-corrected chi connectivity index (χ3v) is 8.59. The molecule has 1 saturated heterocycles. The van der Waals surface area contributed by atoms with Crippen LogP contribution >= 0.6 is 0 Å². The van der Waals surface area contributed by atoms with E-state index in [1.807, 2.05) is 33.0 Å². The summed E-state index contributed by atoms with van der Waals surface area (Å²) < 4.78 is 26.1. The maximum Gasteiger partial charge on any atom is 0.244 e. The molecule has 26 heavy (non-hydrogen) atoms. The SMILES string of the molecule is Cc1ccc(C)c(S(=O)(=O)C2(C(=O)N3CCCN(C)CC3)CCCC2)c1. The molecule has 1 heterocycles. The number of hydrogen-bond acceptors (Lipinski definition) is 4. The maximum atomic E-state index is 13.7. The van der Waals surface area contributed by atoms with Crippen molar-refractivity contribution in [1.82, 2.24) is 9.80 Å². The van der Waals surface area contributed by atoms with Crippen molar-refractivity contribution in [2.75, 3.05) is 33.2 Å². The Hall–Kier alpha value is -1.40. The molecule has 6 heteroatoms. The Balaban J connectivity index is 2.02. The second kappa shape index (κ2) is 7.31. The van der Waals surface area contributed by atoms with Gasteiger partial charge in [0.2, 0.25) is 5.91 Å². The van der Waals surface area contributed by atoms with E-state index in [-0.39, 0.29) is 5.91 Å². The van der Waals surface area contributed by atoms with Gasteiger partial charge in [-0.05, 0) is 63.9 Å². The van der Waals surface area contributed by atoms with E-state index in [4.69, 9.17) is 0 Å². The molecule has 3 rings (SSSR count). The van der Waals surface area contributed by atoms with Crippen LogP contribution in [0, 0.1) is 13.8 Å². The summed E-state index contributed by atoms with van der Waals surface area (Å²) in [5.74, 6) is -0.175. The molecular weight excluding hydrogens is 348 g/mol. The lowest BCUT2D eigenvalue weighted by Crippen LogP contribution is -2.53. The summed E-state index contributed by atoms with van der Waals surface area (Å²) in [7, 11) is -1.68. The van der Waals surface area contributed by atoms with Crippen LogP contribution in [0.1, 0.15) is 43.2 Å². The minimum atomic E-state index is -3.73. The van der Waals surface area contributed by atoms with Crippen LogP contribution in [-0.2, 0) is 14.6 Å². The van der Waals surface area contributed by atoms with Crippen LogP contribution in [0.15, 0.2) is 23.1 Å². The number of likely N-dealkylation sites (N-methyl/N-ethyl adjacent to an activating group) is 1. The van der Waals surface area contributed by atoms with Gasteiger partial charge in [-0.1, -0.05) is 25.0 Å². The zero-order chi connectivity index (χ0) is 18.9. The summed E-state index contributed by atoms with van der Waals surface area (Å²) in [6.07, 6.45) is 3.36. The highest BCUT2D eigenvalue weighted by Gasteiger charge is 2.54. The predicted octanol–water partition coefficient (Wildman–Crippen LogP) is 2.55. The molecule has 5 nitrogen and oxygen atoms in total. The highest BCUT2D eigenvalue weighted by molar-refractivity contribution is 7.93. The predicted molar refractivity (Wildman–Crippen MR) is 103 cm³/mol. The van der Waals surface area contributed by atoms with Gasteiger partial charge in [0, 0.05) is 19.6 Å².